The first kappa shape index (κ1) is 22.5. The van der Waals surface area contributed by atoms with E-state index >= 15 is 0 Å². The van der Waals surface area contributed by atoms with Gasteiger partial charge in [0.1, 0.15) is 11.7 Å². The van der Waals surface area contributed by atoms with Crippen molar-refractivity contribution in [1.82, 2.24) is 0 Å². The molecule has 0 aromatic carbocycles. The van der Waals surface area contributed by atoms with Crippen molar-refractivity contribution >= 4 is 29.1 Å². The van der Waals surface area contributed by atoms with Crippen molar-refractivity contribution < 1.29 is 29.0 Å². The van der Waals surface area contributed by atoms with E-state index in [1.807, 2.05) is 12.2 Å². The van der Waals surface area contributed by atoms with Crippen molar-refractivity contribution in [3.8, 4) is 0 Å². The van der Waals surface area contributed by atoms with Gasteiger partial charge in [-0.25, -0.2) is 0 Å². The lowest BCUT2D eigenvalue weighted by Gasteiger charge is -2.37. The van der Waals surface area contributed by atoms with E-state index in [1.165, 1.54) is 20.1 Å². The van der Waals surface area contributed by atoms with Crippen molar-refractivity contribution in [3.05, 3.63) is 46.4 Å². The molecule has 0 amide bonds. The van der Waals surface area contributed by atoms with E-state index in [0.29, 0.717) is 22.8 Å². The van der Waals surface area contributed by atoms with Crippen molar-refractivity contribution in [2.75, 3.05) is 0 Å². The predicted octanol–water partition coefficient (Wildman–Crippen LogP) is 3.60. The average Bonchev–Trinajstić information content (AvgIpc) is 3.00. The fourth-order valence-corrected chi connectivity index (χ4v) is 4.31. The van der Waals surface area contributed by atoms with Crippen molar-refractivity contribution in [2.45, 2.75) is 52.7 Å². The largest absolute Gasteiger partial charge is 0.465 e. The molecule has 1 aliphatic carbocycles. The Kier molecular flexibility index (Phi) is 6.12. The molecule has 1 N–H and O–H groups in total. The second kappa shape index (κ2) is 8.16. The highest BCUT2D eigenvalue weighted by molar-refractivity contribution is 6.45. The lowest BCUT2D eigenvalue weighted by atomic mass is 9.66. The Morgan fingerprint density at radius 1 is 1.33 bits per heavy atom. The Hall–Kier alpha value is -2.18. The van der Waals surface area contributed by atoms with Gasteiger partial charge in [-0.2, -0.15) is 0 Å². The summed E-state index contributed by atoms with van der Waals surface area (Å²) in [6.45, 7) is 8.65. The SMILES string of the molecule is CC[C@H](C)/C=C/C1=CC2=C(Cl)C(=O)[C@@]3(C)OC(=O)[C@@H](C(=O)[C@H](C)[C@@H](C)O)[C@H]3C2=CO1. The van der Waals surface area contributed by atoms with Gasteiger partial charge in [-0.1, -0.05) is 44.9 Å². The average molecular weight is 435 g/mol. The van der Waals surface area contributed by atoms with Crippen LogP contribution in [0.3, 0.4) is 0 Å². The molecule has 0 spiro atoms. The third-order valence-electron chi connectivity index (χ3n) is 6.35. The number of carbonyl (C=O) groups is 3. The number of allylic oxidation sites excluding steroid dienone is 4. The molecule has 7 heteroatoms. The molecule has 30 heavy (non-hydrogen) atoms. The minimum atomic E-state index is -1.59. The summed E-state index contributed by atoms with van der Waals surface area (Å²) in [5.41, 5.74) is -0.687. The molecule has 2 heterocycles. The Balaban J connectivity index is 2.05. The summed E-state index contributed by atoms with van der Waals surface area (Å²) in [6.07, 6.45) is 6.93. The van der Waals surface area contributed by atoms with E-state index in [-0.39, 0.29) is 5.03 Å². The highest BCUT2D eigenvalue weighted by Crippen LogP contribution is 2.52. The molecule has 0 unspecified atom stereocenters. The van der Waals surface area contributed by atoms with Gasteiger partial charge in [0.2, 0.25) is 5.78 Å². The molecule has 0 saturated carbocycles. The summed E-state index contributed by atoms with van der Waals surface area (Å²) in [5.74, 6) is -3.83. The van der Waals surface area contributed by atoms with Crippen LogP contribution < -0.4 is 0 Å². The van der Waals surface area contributed by atoms with E-state index in [9.17, 15) is 19.5 Å². The number of halogens is 1. The fraction of sp³-hybridized carbons (Fsp3) is 0.522. The highest BCUT2D eigenvalue weighted by Gasteiger charge is 2.64. The lowest BCUT2D eigenvalue weighted by molar-refractivity contribution is -0.157. The van der Waals surface area contributed by atoms with Crippen LogP contribution in [-0.2, 0) is 23.9 Å². The highest BCUT2D eigenvalue weighted by atomic mass is 35.5. The molecule has 0 aromatic rings. The number of hydrogen-bond donors (Lipinski definition) is 1. The summed E-state index contributed by atoms with van der Waals surface area (Å²) in [6, 6.07) is 0. The maximum atomic E-state index is 13.1. The van der Waals surface area contributed by atoms with E-state index in [1.54, 1.807) is 13.0 Å². The second-order valence-electron chi connectivity index (χ2n) is 8.45. The van der Waals surface area contributed by atoms with Crippen molar-refractivity contribution in [1.29, 1.82) is 0 Å². The van der Waals surface area contributed by atoms with E-state index in [4.69, 9.17) is 21.1 Å². The number of fused-ring (bicyclic) bond motifs is 3. The molecular weight excluding hydrogens is 408 g/mol. The molecule has 1 fully saturated rings. The zero-order chi connectivity index (χ0) is 22.4. The maximum absolute atomic E-state index is 13.1. The molecule has 6 atom stereocenters. The molecule has 1 saturated heterocycles. The molecule has 3 aliphatic rings. The number of ether oxygens (including phenoxy) is 2. The maximum Gasteiger partial charge on any atom is 0.318 e. The zero-order valence-corrected chi connectivity index (χ0v) is 18.5. The van der Waals surface area contributed by atoms with Crippen LogP contribution in [0.25, 0.3) is 0 Å². The van der Waals surface area contributed by atoms with Gasteiger partial charge >= 0.3 is 5.97 Å². The Morgan fingerprint density at radius 2 is 2.00 bits per heavy atom. The summed E-state index contributed by atoms with van der Waals surface area (Å²) in [7, 11) is 0. The van der Waals surface area contributed by atoms with Gasteiger partial charge in [-0.15, -0.1) is 0 Å². The molecular formula is C23H27ClO6. The smallest absolute Gasteiger partial charge is 0.318 e. The Morgan fingerprint density at radius 3 is 2.60 bits per heavy atom. The molecule has 0 aromatic heterocycles. The number of ketones is 2. The number of aliphatic hydroxyl groups is 1. The van der Waals surface area contributed by atoms with Crippen LogP contribution in [0.5, 0.6) is 0 Å². The Bertz CT molecular complexity index is 909. The summed E-state index contributed by atoms with van der Waals surface area (Å²) < 4.78 is 11.2. The third kappa shape index (κ3) is 3.56. The summed E-state index contributed by atoms with van der Waals surface area (Å²) in [5, 5.41) is 9.80. The lowest BCUT2D eigenvalue weighted by Crippen LogP contribution is -2.48. The predicted molar refractivity (Wildman–Crippen MR) is 111 cm³/mol. The van der Waals surface area contributed by atoms with Crippen LogP contribution in [0.2, 0.25) is 0 Å². The van der Waals surface area contributed by atoms with Gasteiger partial charge in [0.05, 0.1) is 23.3 Å². The number of hydrogen-bond acceptors (Lipinski definition) is 6. The molecule has 2 aliphatic heterocycles. The fourth-order valence-electron chi connectivity index (χ4n) is 3.96. The monoisotopic (exact) mass is 434 g/mol. The first-order valence-electron chi connectivity index (χ1n) is 10.2. The van der Waals surface area contributed by atoms with E-state index in [2.05, 4.69) is 13.8 Å². The standard InChI is InChI=1S/C23H27ClO6/c1-6-11(2)7-8-14-9-15-16(10-29-14)18-17(20(26)12(3)13(4)25)22(28)30-23(18,5)21(27)19(15)24/h7-13,17-18,25H,6H2,1-5H3/b8-7+/t11-,12+,13+,17+,18+,23-/m0/s1. The van der Waals surface area contributed by atoms with Crippen molar-refractivity contribution in [3.63, 3.8) is 0 Å². The third-order valence-corrected chi connectivity index (χ3v) is 6.72. The first-order chi connectivity index (χ1) is 14.0. The van der Waals surface area contributed by atoms with Gasteiger partial charge in [0.25, 0.3) is 0 Å². The van der Waals surface area contributed by atoms with Gasteiger partial charge in [0, 0.05) is 17.1 Å². The topological polar surface area (TPSA) is 89.9 Å². The van der Waals surface area contributed by atoms with Gasteiger partial charge < -0.3 is 14.6 Å². The number of aliphatic hydroxyl groups excluding tert-OH is 1. The van der Waals surface area contributed by atoms with Crippen LogP contribution in [0.15, 0.2) is 46.4 Å². The first-order valence-corrected chi connectivity index (χ1v) is 10.6. The van der Waals surface area contributed by atoms with Crippen LogP contribution in [-0.4, -0.2) is 34.3 Å². The zero-order valence-electron chi connectivity index (χ0n) is 17.8. The van der Waals surface area contributed by atoms with Crippen LogP contribution in [0.4, 0.5) is 0 Å². The van der Waals surface area contributed by atoms with Gasteiger partial charge in [0.15, 0.2) is 11.4 Å². The van der Waals surface area contributed by atoms with Crippen molar-refractivity contribution in [2.24, 2.45) is 23.7 Å². The van der Waals surface area contributed by atoms with Gasteiger partial charge in [-0.3, -0.25) is 14.4 Å². The normalized spacial score (nSPS) is 31.3. The van der Waals surface area contributed by atoms with Crippen LogP contribution in [0, 0.1) is 23.7 Å². The van der Waals surface area contributed by atoms with Crippen LogP contribution >= 0.6 is 11.6 Å². The molecule has 6 nitrogen and oxygen atoms in total. The quantitative estimate of drug-likeness (QED) is 0.507. The van der Waals surface area contributed by atoms with E-state index < -0.39 is 47.0 Å². The number of carbonyl (C=O) groups excluding carboxylic acids is 3. The minimum Gasteiger partial charge on any atom is -0.465 e. The number of esters is 1. The Labute approximate surface area is 181 Å². The number of Topliss-reactive ketones (excluding diaryl/α,β-unsaturated/α-hetero) is 2. The van der Waals surface area contributed by atoms with Crippen LogP contribution in [0.1, 0.15) is 41.0 Å². The second-order valence-corrected chi connectivity index (χ2v) is 8.83. The molecule has 0 bridgehead atoms. The number of rotatable bonds is 6. The van der Waals surface area contributed by atoms with Gasteiger partial charge in [-0.05, 0) is 31.9 Å². The van der Waals surface area contributed by atoms with E-state index in [0.717, 1.165) is 6.42 Å². The molecule has 3 rings (SSSR count). The molecule has 0 radical (unpaired) electrons. The minimum absolute atomic E-state index is 0.0535. The molecule has 162 valence electrons. The summed E-state index contributed by atoms with van der Waals surface area (Å²) >= 11 is 6.39. The summed E-state index contributed by atoms with van der Waals surface area (Å²) in [4.78, 5) is 38.8.